The molecule has 0 spiro atoms. The molecule has 0 atom stereocenters. The molecule has 0 fully saturated rings. The van der Waals surface area contributed by atoms with Crippen molar-refractivity contribution in [1.82, 2.24) is 10.3 Å². The molecule has 2 rings (SSSR count). The summed E-state index contributed by atoms with van der Waals surface area (Å²) in [6.07, 6.45) is 0.997. The maximum Gasteiger partial charge on any atom is 0.192 e. The smallest absolute Gasteiger partial charge is 0.192 e. The van der Waals surface area contributed by atoms with Gasteiger partial charge >= 0.3 is 0 Å². The van der Waals surface area contributed by atoms with Crippen molar-refractivity contribution in [3.8, 4) is 0 Å². The highest BCUT2D eigenvalue weighted by atomic mass is 79.9. The van der Waals surface area contributed by atoms with Crippen molar-refractivity contribution < 1.29 is 4.42 Å². The maximum absolute atomic E-state index is 5.48. The van der Waals surface area contributed by atoms with Crippen LogP contribution >= 0.6 is 15.9 Å². The van der Waals surface area contributed by atoms with E-state index in [1.165, 1.54) is 5.56 Å². The van der Waals surface area contributed by atoms with Crippen molar-refractivity contribution in [1.29, 1.82) is 0 Å². The van der Waals surface area contributed by atoms with Gasteiger partial charge in [0.05, 0.1) is 4.47 Å². The highest BCUT2D eigenvalue weighted by Crippen LogP contribution is 2.26. The zero-order valence-corrected chi connectivity index (χ0v) is 10.4. The van der Waals surface area contributed by atoms with Crippen LogP contribution < -0.4 is 5.32 Å². The van der Waals surface area contributed by atoms with Crippen molar-refractivity contribution in [3.05, 3.63) is 28.1 Å². The molecule has 1 aromatic heterocycles. The second kappa shape index (κ2) is 4.33. The Labute approximate surface area is 97.0 Å². The van der Waals surface area contributed by atoms with Crippen molar-refractivity contribution in [2.75, 3.05) is 13.6 Å². The Morgan fingerprint density at radius 1 is 1.47 bits per heavy atom. The fraction of sp³-hybridized carbons (Fsp3) is 0.364. The van der Waals surface area contributed by atoms with Gasteiger partial charge in [-0.25, -0.2) is 4.98 Å². The number of hydrogen-bond donors (Lipinski definition) is 1. The topological polar surface area (TPSA) is 38.1 Å². The lowest BCUT2D eigenvalue weighted by atomic mass is 10.1. The first-order valence-electron chi connectivity index (χ1n) is 4.91. The van der Waals surface area contributed by atoms with Crippen molar-refractivity contribution in [3.63, 3.8) is 0 Å². The van der Waals surface area contributed by atoms with E-state index in [2.05, 4.69) is 38.4 Å². The lowest BCUT2D eigenvalue weighted by Crippen LogP contribution is -2.10. The van der Waals surface area contributed by atoms with Crippen LogP contribution in [-0.4, -0.2) is 18.6 Å². The highest BCUT2D eigenvalue weighted by molar-refractivity contribution is 9.10. The molecule has 0 aliphatic heterocycles. The second-order valence-electron chi connectivity index (χ2n) is 3.51. The Morgan fingerprint density at radius 3 is 3.00 bits per heavy atom. The molecule has 0 aliphatic rings. The van der Waals surface area contributed by atoms with Crippen LogP contribution in [0, 0.1) is 6.92 Å². The van der Waals surface area contributed by atoms with E-state index in [0.717, 1.165) is 28.5 Å². The van der Waals surface area contributed by atoms with Gasteiger partial charge in [-0.3, -0.25) is 0 Å². The van der Waals surface area contributed by atoms with Crippen LogP contribution in [0.5, 0.6) is 0 Å². The number of nitrogens with one attached hydrogen (secondary N) is 1. The molecule has 15 heavy (non-hydrogen) atoms. The van der Waals surface area contributed by atoms with Gasteiger partial charge in [0.25, 0.3) is 0 Å². The van der Waals surface area contributed by atoms with E-state index >= 15 is 0 Å². The van der Waals surface area contributed by atoms with E-state index in [9.17, 15) is 0 Å². The molecule has 0 saturated carbocycles. The van der Waals surface area contributed by atoms with E-state index < -0.39 is 0 Å². The standard InChI is InChI=1S/C11H13BrN2O/c1-7-14-10-6-8(3-4-13-2)5-9(12)11(10)15-7/h5-6,13H,3-4H2,1-2H3. The van der Waals surface area contributed by atoms with Crippen molar-refractivity contribution in [2.24, 2.45) is 0 Å². The normalized spacial score (nSPS) is 11.1. The average Bonchev–Trinajstić information content (AvgIpc) is 2.56. The molecule has 3 nitrogen and oxygen atoms in total. The Hall–Kier alpha value is -0.870. The third kappa shape index (κ3) is 2.21. The summed E-state index contributed by atoms with van der Waals surface area (Å²) in [5.74, 6) is 0.705. The van der Waals surface area contributed by atoms with Crippen molar-refractivity contribution in [2.45, 2.75) is 13.3 Å². The number of nitrogens with zero attached hydrogens (tertiary/aromatic N) is 1. The largest absolute Gasteiger partial charge is 0.440 e. The molecule has 80 valence electrons. The van der Waals surface area contributed by atoms with E-state index in [0.29, 0.717) is 5.89 Å². The molecule has 1 heterocycles. The summed E-state index contributed by atoms with van der Waals surface area (Å²) in [5.41, 5.74) is 3.02. The fourth-order valence-electron chi connectivity index (χ4n) is 1.57. The Bertz CT molecular complexity index is 479. The van der Waals surface area contributed by atoms with Crippen LogP contribution in [0.1, 0.15) is 11.5 Å². The number of benzene rings is 1. The number of aromatic nitrogens is 1. The van der Waals surface area contributed by atoms with E-state index in [-0.39, 0.29) is 0 Å². The summed E-state index contributed by atoms with van der Waals surface area (Å²) in [5, 5.41) is 3.13. The number of halogens is 1. The van der Waals surface area contributed by atoms with Gasteiger partial charge < -0.3 is 9.73 Å². The molecule has 0 saturated heterocycles. The monoisotopic (exact) mass is 268 g/mol. The summed E-state index contributed by atoms with van der Waals surface area (Å²) in [6, 6.07) is 4.16. The third-order valence-electron chi connectivity index (χ3n) is 2.28. The van der Waals surface area contributed by atoms with E-state index in [1.54, 1.807) is 0 Å². The zero-order chi connectivity index (χ0) is 10.8. The lowest BCUT2D eigenvalue weighted by molar-refractivity contribution is 0.559. The van der Waals surface area contributed by atoms with Crippen LogP contribution in [0.4, 0.5) is 0 Å². The summed E-state index contributed by atoms with van der Waals surface area (Å²) >= 11 is 3.50. The Kier molecular flexibility index (Phi) is 3.07. The number of aryl methyl sites for hydroxylation is 1. The molecule has 1 aromatic carbocycles. The summed E-state index contributed by atoms with van der Waals surface area (Å²) < 4.78 is 6.46. The first kappa shape index (κ1) is 10.6. The number of likely N-dealkylation sites (N-methyl/N-ethyl adjacent to an activating group) is 1. The SMILES string of the molecule is CNCCc1cc(Br)c2oc(C)nc2c1. The molecule has 0 aliphatic carbocycles. The molecule has 2 aromatic rings. The van der Waals surface area contributed by atoms with Crippen LogP contribution in [0.3, 0.4) is 0 Å². The van der Waals surface area contributed by atoms with Crippen LogP contribution in [0.25, 0.3) is 11.1 Å². The predicted molar refractivity (Wildman–Crippen MR) is 64.1 cm³/mol. The Balaban J connectivity index is 2.42. The molecule has 4 heteroatoms. The molecule has 0 amide bonds. The van der Waals surface area contributed by atoms with Gasteiger partial charge in [-0.2, -0.15) is 0 Å². The number of oxazole rings is 1. The molecule has 0 unspecified atom stereocenters. The van der Waals surface area contributed by atoms with Gasteiger partial charge in [0.15, 0.2) is 11.5 Å². The minimum Gasteiger partial charge on any atom is -0.440 e. The van der Waals surface area contributed by atoms with Crippen LogP contribution in [-0.2, 0) is 6.42 Å². The molecule has 0 bridgehead atoms. The van der Waals surface area contributed by atoms with Crippen molar-refractivity contribution >= 4 is 27.0 Å². The summed E-state index contributed by atoms with van der Waals surface area (Å²) in [4.78, 5) is 4.33. The first-order valence-corrected chi connectivity index (χ1v) is 5.70. The molecule has 0 radical (unpaired) electrons. The third-order valence-corrected chi connectivity index (χ3v) is 2.86. The number of rotatable bonds is 3. The molecule has 1 N–H and O–H groups in total. The van der Waals surface area contributed by atoms with Gasteiger partial charge in [0, 0.05) is 6.92 Å². The first-order chi connectivity index (χ1) is 7.20. The number of hydrogen-bond acceptors (Lipinski definition) is 3. The van der Waals surface area contributed by atoms with Crippen LogP contribution in [0.2, 0.25) is 0 Å². The predicted octanol–water partition coefficient (Wildman–Crippen LogP) is 2.66. The Morgan fingerprint density at radius 2 is 2.27 bits per heavy atom. The quantitative estimate of drug-likeness (QED) is 0.930. The summed E-state index contributed by atoms with van der Waals surface area (Å²) in [6.45, 7) is 2.83. The van der Waals surface area contributed by atoms with Gasteiger partial charge in [0.1, 0.15) is 5.52 Å². The lowest BCUT2D eigenvalue weighted by Gasteiger charge is -2.01. The highest BCUT2D eigenvalue weighted by Gasteiger charge is 2.07. The second-order valence-corrected chi connectivity index (χ2v) is 4.37. The fourth-order valence-corrected chi connectivity index (χ4v) is 2.15. The summed E-state index contributed by atoms with van der Waals surface area (Å²) in [7, 11) is 1.95. The number of fused-ring (bicyclic) bond motifs is 1. The average molecular weight is 269 g/mol. The van der Waals surface area contributed by atoms with E-state index in [4.69, 9.17) is 4.42 Å². The minimum absolute atomic E-state index is 0.705. The minimum atomic E-state index is 0.705. The molecular weight excluding hydrogens is 256 g/mol. The van der Waals surface area contributed by atoms with Crippen LogP contribution in [0.15, 0.2) is 21.0 Å². The zero-order valence-electron chi connectivity index (χ0n) is 8.80. The molecular formula is C11H13BrN2O. The van der Waals surface area contributed by atoms with Gasteiger partial charge in [-0.1, -0.05) is 0 Å². The van der Waals surface area contributed by atoms with Gasteiger partial charge in [-0.15, -0.1) is 0 Å². The van der Waals surface area contributed by atoms with E-state index in [1.807, 2.05) is 14.0 Å². The maximum atomic E-state index is 5.48. The van der Waals surface area contributed by atoms with Gasteiger partial charge in [0.2, 0.25) is 0 Å². The van der Waals surface area contributed by atoms with Gasteiger partial charge in [-0.05, 0) is 53.6 Å².